The smallest absolute Gasteiger partial charge is 0.748 e. The molecule has 4 aromatic carbocycles. The van der Waals surface area contributed by atoms with Gasteiger partial charge in [0.1, 0.15) is 11.5 Å². The normalized spacial score (nSPS) is 20.5. The van der Waals surface area contributed by atoms with Crippen molar-refractivity contribution in [1.29, 1.82) is 0 Å². The molecule has 0 aromatic heterocycles. The summed E-state index contributed by atoms with van der Waals surface area (Å²) in [6.07, 6.45) is 3.31. The van der Waals surface area contributed by atoms with Crippen LogP contribution in [0.15, 0.2) is 120 Å². The van der Waals surface area contributed by atoms with E-state index in [9.17, 15) is 28.3 Å². The Kier molecular flexibility index (Phi) is 13.7. The van der Waals surface area contributed by atoms with Crippen molar-refractivity contribution in [3.8, 4) is 11.5 Å². The average Bonchev–Trinajstić information content (AvgIpc) is 3.08. The van der Waals surface area contributed by atoms with Gasteiger partial charge in [0, 0.05) is 18.6 Å². The van der Waals surface area contributed by atoms with E-state index in [2.05, 4.69) is 4.99 Å². The number of nitrogens with zero attached hydrogens (tertiary/aromatic N) is 1. The Balaban J connectivity index is 0.00000562. The number of hydrogen-bond donors (Lipinski definition) is 5. The summed E-state index contributed by atoms with van der Waals surface area (Å²) < 4.78 is 44.9. The second-order valence-electron chi connectivity index (χ2n) is 12.6. The topological polar surface area (TPSA) is 192 Å². The molecule has 0 amide bonds. The molecule has 4 heterocycles. The van der Waals surface area contributed by atoms with Gasteiger partial charge in [-0.1, -0.05) is 91.0 Å². The third-order valence-corrected chi connectivity index (χ3v) is 10.3. The number of aliphatic hydroxyl groups excluding tert-OH is 2. The van der Waals surface area contributed by atoms with Crippen molar-refractivity contribution in [2.75, 3.05) is 6.61 Å². The molecule has 4 aliphatic rings. The largest absolute Gasteiger partial charge is 1.00 e. The van der Waals surface area contributed by atoms with E-state index in [1.54, 1.807) is 54.6 Å². The number of aryl methyl sites for hydroxylation is 1. The van der Waals surface area contributed by atoms with Crippen LogP contribution in [-0.4, -0.2) is 46.1 Å². The number of phenolic OH excluding ortho intramolecular Hbond substituents is 1. The SMILES string of the molecule is NC(N)=NC1(CC(CO)Cc2ccccc2)Oc2ccc(cc2)CCC(S(=O)(=O)[O-])C(C=CC(O)c2ccc(O)cc2)Cc2ccc1cc2.[Na+]. The number of aromatic hydroxyl groups is 1. The molecule has 4 aromatic rings. The number of phenols is 1. The average molecular weight is 708 g/mol. The third kappa shape index (κ3) is 10.4. The van der Waals surface area contributed by atoms with Crippen LogP contribution < -0.4 is 45.8 Å². The first-order valence-corrected chi connectivity index (χ1v) is 17.6. The molecule has 12 heteroatoms. The molecule has 4 bridgehead atoms. The summed E-state index contributed by atoms with van der Waals surface area (Å²) in [7, 11) is -4.76. The minimum atomic E-state index is -4.76. The maximum atomic E-state index is 12.7. The van der Waals surface area contributed by atoms with Crippen LogP contribution in [0, 0.1) is 11.8 Å². The number of aliphatic hydroxyl groups is 2. The Morgan fingerprint density at radius 2 is 1.60 bits per heavy atom. The Morgan fingerprint density at radius 1 is 0.960 bits per heavy atom. The quantitative estimate of drug-likeness (QED) is 0.0534. The molecular weight excluding hydrogens is 665 g/mol. The van der Waals surface area contributed by atoms with Gasteiger partial charge in [0.2, 0.25) is 5.72 Å². The molecule has 10 nitrogen and oxygen atoms in total. The fraction of sp³-hybridized carbons (Fsp3) is 0.289. The van der Waals surface area contributed by atoms with Crippen LogP contribution in [0.5, 0.6) is 11.5 Å². The van der Waals surface area contributed by atoms with Gasteiger partial charge in [0.15, 0.2) is 5.96 Å². The molecule has 0 spiro atoms. The van der Waals surface area contributed by atoms with Crippen LogP contribution >= 0.6 is 0 Å². The second-order valence-corrected chi connectivity index (χ2v) is 14.2. The maximum absolute atomic E-state index is 12.7. The Labute approximate surface area is 315 Å². The fourth-order valence-electron chi connectivity index (χ4n) is 6.43. The van der Waals surface area contributed by atoms with E-state index in [-0.39, 0.29) is 73.1 Å². The number of allylic oxidation sites excluding steroid dienone is 1. The summed E-state index contributed by atoms with van der Waals surface area (Å²) >= 11 is 0. The van der Waals surface area contributed by atoms with Gasteiger partial charge in [0.25, 0.3) is 0 Å². The summed E-state index contributed by atoms with van der Waals surface area (Å²) in [6.45, 7) is -0.147. The predicted octanol–water partition coefficient (Wildman–Crippen LogP) is 1.45. The predicted molar refractivity (Wildman–Crippen MR) is 188 cm³/mol. The zero-order valence-electron chi connectivity index (χ0n) is 28.0. The van der Waals surface area contributed by atoms with Gasteiger partial charge in [-0.05, 0) is 84.0 Å². The van der Waals surface area contributed by atoms with Gasteiger partial charge >= 0.3 is 29.6 Å². The van der Waals surface area contributed by atoms with Gasteiger partial charge in [-0.2, -0.15) is 0 Å². The molecule has 8 rings (SSSR count). The third-order valence-electron chi connectivity index (χ3n) is 8.93. The van der Waals surface area contributed by atoms with Crippen LogP contribution in [0.3, 0.4) is 0 Å². The molecule has 5 unspecified atom stereocenters. The number of aliphatic imine (C=N–C) groups is 1. The van der Waals surface area contributed by atoms with Gasteiger partial charge in [-0.3, -0.25) is 0 Å². The molecule has 50 heavy (non-hydrogen) atoms. The van der Waals surface area contributed by atoms with Gasteiger partial charge in [-0.25, -0.2) is 13.4 Å². The van der Waals surface area contributed by atoms with Gasteiger partial charge < -0.3 is 36.1 Å². The minimum absolute atomic E-state index is 0. The van der Waals surface area contributed by atoms with E-state index in [1.165, 1.54) is 18.2 Å². The standard InChI is InChI=1S/C38H43N3O7S.Na/c39-37(40)41-38(24-29(25-42)22-27-4-2-1-3-5-27)32-14-6-28(7-15-32)23-31(13-20-35(44)30-11-16-33(43)17-12-30)36(49(45,46)47)21-10-26-8-18-34(48-38)19-9-26;/h1-9,11-20,29,31,35-36,42-44H,10,21-25H2,(H4,39,40,41)(H,45,46,47);/q;+1/p-1. The van der Waals surface area contributed by atoms with Gasteiger partial charge in [0.05, 0.1) is 21.5 Å². The van der Waals surface area contributed by atoms with Crippen molar-refractivity contribution in [2.45, 2.75) is 49.2 Å². The first-order chi connectivity index (χ1) is 23.4. The molecule has 5 atom stereocenters. The van der Waals surface area contributed by atoms with Crippen LogP contribution in [0.2, 0.25) is 0 Å². The second kappa shape index (κ2) is 17.5. The Morgan fingerprint density at radius 3 is 2.20 bits per heavy atom. The van der Waals surface area contributed by atoms with Crippen molar-refractivity contribution in [3.63, 3.8) is 0 Å². The maximum Gasteiger partial charge on any atom is 1.00 e. The molecule has 7 N–H and O–H groups in total. The molecule has 0 aliphatic carbocycles. The monoisotopic (exact) mass is 707 g/mol. The molecular formula is C38H42N3NaO7S. The molecule has 0 saturated heterocycles. The summed E-state index contributed by atoms with van der Waals surface area (Å²) in [4.78, 5) is 4.64. The number of rotatable bonds is 10. The molecule has 0 fully saturated rings. The first-order valence-electron chi connectivity index (χ1n) is 16.2. The van der Waals surface area contributed by atoms with Crippen molar-refractivity contribution >= 4 is 16.1 Å². The molecule has 0 radical (unpaired) electrons. The van der Waals surface area contributed by atoms with Gasteiger partial charge in [-0.15, -0.1) is 0 Å². The van der Waals surface area contributed by atoms with E-state index < -0.39 is 33.1 Å². The number of guanidine groups is 1. The summed E-state index contributed by atoms with van der Waals surface area (Å²) in [5, 5.41) is 29.7. The summed E-state index contributed by atoms with van der Waals surface area (Å²) in [5.41, 5.74) is 14.3. The van der Waals surface area contributed by atoms with Crippen molar-refractivity contribution in [2.24, 2.45) is 28.3 Å². The minimum Gasteiger partial charge on any atom is -0.748 e. The van der Waals surface area contributed by atoms with Crippen molar-refractivity contribution < 1.29 is 62.6 Å². The zero-order chi connectivity index (χ0) is 35.0. The first kappa shape index (κ1) is 39.1. The van der Waals surface area contributed by atoms with E-state index in [1.807, 2.05) is 42.5 Å². The van der Waals surface area contributed by atoms with Crippen molar-refractivity contribution in [3.05, 3.63) is 143 Å². The Bertz CT molecular complexity index is 1830. The van der Waals surface area contributed by atoms with Crippen molar-refractivity contribution in [1.82, 2.24) is 0 Å². The number of ether oxygens (including phenoxy) is 1. The molecule has 258 valence electrons. The number of hydrogen-bond acceptors (Lipinski definition) is 8. The summed E-state index contributed by atoms with van der Waals surface area (Å²) in [5.74, 6) is -0.748. The zero-order valence-corrected chi connectivity index (χ0v) is 30.8. The van der Waals surface area contributed by atoms with Crippen LogP contribution in [0.1, 0.15) is 46.8 Å². The van der Waals surface area contributed by atoms with E-state index in [4.69, 9.17) is 16.2 Å². The molecule has 4 aliphatic heterocycles. The van der Waals surface area contributed by atoms with Crippen LogP contribution in [-0.2, 0) is 35.1 Å². The Hall–Kier alpha value is -3.68. The molecule has 0 saturated carbocycles. The summed E-state index contributed by atoms with van der Waals surface area (Å²) in [6, 6.07) is 30.2. The van der Waals surface area contributed by atoms with E-state index in [0.717, 1.165) is 16.7 Å². The van der Waals surface area contributed by atoms with Crippen LogP contribution in [0.25, 0.3) is 0 Å². The van der Waals surface area contributed by atoms with E-state index in [0.29, 0.717) is 29.7 Å². The van der Waals surface area contributed by atoms with E-state index >= 15 is 0 Å². The van der Waals surface area contributed by atoms with Crippen LogP contribution in [0.4, 0.5) is 0 Å². The fourth-order valence-corrected chi connectivity index (χ4v) is 7.45. The number of benzene rings is 4. The number of nitrogens with two attached hydrogens (primary N) is 2.